The molecule has 2 aliphatic heterocycles. The van der Waals surface area contributed by atoms with Gasteiger partial charge in [-0.1, -0.05) is 0 Å². The molecule has 1 N–H and O–H groups in total. The molecule has 6 heteroatoms. The second-order valence-electron chi connectivity index (χ2n) is 7.70. The van der Waals surface area contributed by atoms with E-state index < -0.39 is 0 Å². The van der Waals surface area contributed by atoms with Crippen LogP contribution in [0.5, 0.6) is 0 Å². The number of likely N-dealkylation sites (tertiary alicyclic amines) is 2. The number of aromatic nitrogens is 2. The van der Waals surface area contributed by atoms with Crippen molar-refractivity contribution in [3.05, 3.63) is 18.2 Å². The molecular weight excluding hydrogens is 304 g/mol. The molecule has 1 aromatic heterocycles. The van der Waals surface area contributed by atoms with Gasteiger partial charge in [-0.25, -0.2) is 4.98 Å². The lowest BCUT2D eigenvalue weighted by molar-refractivity contribution is -0.140. The van der Waals surface area contributed by atoms with Crippen molar-refractivity contribution in [2.24, 2.45) is 5.41 Å². The maximum Gasteiger partial charge on any atom is 0.222 e. The van der Waals surface area contributed by atoms with Crippen molar-refractivity contribution < 1.29 is 9.90 Å². The normalized spacial score (nSPS) is 25.8. The van der Waals surface area contributed by atoms with Crippen molar-refractivity contribution >= 4 is 5.91 Å². The molecule has 0 aromatic carbocycles. The van der Waals surface area contributed by atoms with Gasteiger partial charge in [0, 0.05) is 49.9 Å². The van der Waals surface area contributed by atoms with Crippen molar-refractivity contribution in [3.8, 4) is 0 Å². The number of hydrogen-bond donors (Lipinski definition) is 1. The lowest BCUT2D eigenvalue weighted by atomic mass is 9.73. The predicted molar refractivity (Wildman–Crippen MR) is 92.5 cm³/mol. The second kappa shape index (κ2) is 7.23. The molecule has 3 rings (SSSR count). The molecule has 0 aliphatic carbocycles. The zero-order valence-electron chi connectivity index (χ0n) is 14.9. The SMILES string of the molecule is CC(C)n1ccnc1CN1CCC[C@]2(CCC(=O)N(CCO)C2)C1. The van der Waals surface area contributed by atoms with Crippen LogP contribution in [-0.4, -0.2) is 63.2 Å². The summed E-state index contributed by atoms with van der Waals surface area (Å²) >= 11 is 0. The van der Waals surface area contributed by atoms with Gasteiger partial charge in [0.1, 0.15) is 5.82 Å². The third-order valence-corrected chi connectivity index (χ3v) is 5.53. The molecule has 0 radical (unpaired) electrons. The van der Waals surface area contributed by atoms with Crippen LogP contribution in [0.2, 0.25) is 0 Å². The fourth-order valence-corrected chi connectivity index (χ4v) is 4.34. The second-order valence-corrected chi connectivity index (χ2v) is 7.70. The zero-order valence-corrected chi connectivity index (χ0v) is 14.9. The summed E-state index contributed by atoms with van der Waals surface area (Å²) in [6.07, 6.45) is 7.89. The summed E-state index contributed by atoms with van der Waals surface area (Å²) in [5.74, 6) is 1.32. The van der Waals surface area contributed by atoms with Crippen LogP contribution in [0.25, 0.3) is 0 Å². The first-order valence-electron chi connectivity index (χ1n) is 9.16. The zero-order chi connectivity index (χ0) is 17.2. The Kier molecular flexibility index (Phi) is 5.25. The lowest BCUT2D eigenvalue weighted by Crippen LogP contribution is -2.54. The number of nitrogens with zero attached hydrogens (tertiary/aromatic N) is 4. The Labute approximate surface area is 144 Å². The van der Waals surface area contributed by atoms with Gasteiger partial charge in [0.15, 0.2) is 0 Å². The number of rotatable bonds is 5. The van der Waals surface area contributed by atoms with Crippen LogP contribution in [0.3, 0.4) is 0 Å². The summed E-state index contributed by atoms with van der Waals surface area (Å²) in [4.78, 5) is 21.0. The smallest absolute Gasteiger partial charge is 0.222 e. The van der Waals surface area contributed by atoms with Crippen molar-refractivity contribution in [3.63, 3.8) is 0 Å². The summed E-state index contributed by atoms with van der Waals surface area (Å²) in [6, 6.07) is 0.425. The Hall–Kier alpha value is -1.40. The average Bonchev–Trinajstić information content (AvgIpc) is 3.00. The maximum atomic E-state index is 12.1. The third kappa shape index (κ3) is 3.64. The summed E-state index contributed by atoms with van der Waals surface area (Å²) < 4.78 is 2.24. The molecule has 0 unspecified atom stereocenters. The Bertz CT molecular complexity index is 571. The Morgan fingerprint density at radius 3 is 2.92 bits per heavy atom. The topological polar surface area (TPSA) is 61.6 Å². The highest BCUT2D eigenvalue weighted by Gasteiger charge is 2.41. The van der Waals surface area contributed by atoms with Gasteiger partial charge in [-0.15, -0.1) is 0 Å². The number of carbonyl (C=O) groups excluding carboxylic acids is 1. The molecule has 134 valence electrons. The number of aliphatic hydroxyl groups excluding tert-OH is 1. The quantitative estimate of drug-likeness (QED) is 0.890. The largest absolute Gasteiger partial charge is 0.395 e. The van der Waals surface area contributed by atoms with Gasteiger partial charge in [0.2, 0.25) is 5.91 Å². The molecule has 1 aromatic rings. The number of β-amino-alcohol motifs (C(OH)–C–C–N with tert-alkyl or cyclic N) is 1. The number of piperidine rings is 2. The van der Waals surface area contributed by atoms with Crippen LogP contribution in [-0.2, 0) is 11.3 Å². The van der Waals surface area contributed by atoms with E-state index in [-0.39, 0.29) is 17.9 Å². The van der Waals surface area contributed by atoms with E-state index in [1.807, 2.05) is 11.1 Å². The van der Waals surface area contributed by atoms with Crippen LogP contribution < -0.4 is 0 Å². The molecule has 2 saturated heterocycles. The molecule has 24 heavy (non-hydrogen) atoms. The highest BCUT2D eigenvalue weighted by Crippen LogP contribution is 2.39. The molecule has 1 atom stereocenters. The van der Waals surface area contributed by atoms with E-state index in [0.29, 0.717) is 19.0 Å². The Morgan fingerprint density at radius 2 is 2.17 bits per heavy atom. The van der Waals surface area contributed by atoms with E-state index >= 15 is 0 Å². The van der Waals surface area contributed by atoms with E-state index in [1.165, 1.54) is 12.8 Å². The van der Waals surface area contributed by atoms with Gasteiger partial charge in [0.25, 0.3) is 0 Å². The van der Waals surface area contributed by atoms with Crippen molar-refractivity contribution in [2.75, 3.05) is 32.8 Å². The van der Waals surface area contributed by atoms with Crippen molar-refractivity contribution in [1.29, 1.82) is 0 Å². The monoisotopic (exact) mass is 334 g/mol. The van der Waals surface area contributed by atoms with E-state index in [1.54, 1.807) is 0 Å². The van der Waals surface area contributed by atoms with E-state index in [0.717, 1.165) is 38.4 Å². The van der Waals surface area contributed by atoms with Crippen molar-refractivity contribution in [1.82, 2.24) is 19.4 Å². The highest BCUT2D eigenvalue weighted by molar-refractivity contribution is 5.77. The van der Waals surface area contributed by atoms with Gasteiger partial charge in [-0.2, -0.15) is 0 Å². The summed E-state index contributed by atoms with van der Waals surface area (Å²) in [7, 11) is 0. The third-order valence-electron chi connectivity index (χ3n) is 5.53. The number of carbonyl (C=O) groups is 1. The molecule has 6 nitrogen and oxygen atoms in total. The predicted octanol–water partition coefficient (Wildman–Crippen LogP) is 1.66. The number of imidazole rings is 1. The van der Waals surface area contributed by atoms with E-state index in [2.05, 4.69) is 34.5 Å². The van der Waals surface area contributed by atoms with Gasteiger partial charge >= 0.3 is 0 Å². The van der Waals surface area contributed by atoms with Crippen molar-refractivity contribution in [2.45, 2.75) is 52.1 Å². The minimum absolute atomic E-state index is 0.0529. The molecular formula is C18H30N4O2. The van der Waals surface area contributed by atoms with Gasteiger partial charge < -0.3 is 14.6 Å². The summed E-state index contributed by atoms with van der Waals surface area (Å²) in [6.45, 7) is 8.68. The van der Waals surface area contributed by atoms with E-state index in [4.69, 9.17) is 0 Å². The summed E-state index contributed by atoms with van der Waals surface area (Å²) in [5.41, 5.74) is 0.191. The number of amides is 1. The van der Waals surface area contributed by atoms with Crippen LogP contribution in [0.1, 0.15) is 51.4 Å². The number of hydrogen-bond acceptors (Lipinski definition) is 4. The van der Waals surface area contributed by atoms with Gasteiger partial charge in [-0.3, -0.25) is 9.69 Å². The van der Waals surface area contributed by atoms with Crippen LogP contribution in [0, 0.1) is 5.41 Å². The van der Waals surface area contributed by atoms with Crippen LogP contribution in [0.15, 0.2) is 12.4 Å². The minimum atomic E-state index is 0.0529. The van der Waals surface area contributed by atoms with Gasteiger partial charge in [-0.05, 0) is 39.7 Å². The summed E-state index contributed by atoms with van der Waals surface area (Å²) in [5, 5.41) is 9.21. The standard InChI is InChI=1S/C18H30N4O2/c1-15(2)22-9-7-19-16(22)12-20-8-3-5-18(13-20)6-4-17(24)21(14-18)10-11-23/h7,9,15,23H,3-6,8,10-14H2,1-2H3/t18-/m0/s1. The molecule has 1 amide bonds. The van der Waals surface area contributed by atoms with Crippen LogP contribution in [0.4, 0.5) is 0 Å². The first-order chi connectivity index (χ1) is 11.5. The first-order valence-corrected chi connectivity index (χ1v) is 9.16. The molecule has 1 spiro atoms. The molecule has 2 aliphatic rings. The van der Waals surface area contributed by atoms with Gasteiger partial charge in [0.05, 0.1) is 13.2 Å². The lowest BCUT2D eigenvalue weighted by Gasteiger charge is -2.48. The number of aliphatic hydroxyl groups is 1. The highest BCUT2D eigenvalue weighted by atomic mass is 16.3. The Morgan fingerprint density at radius 1 is 1.33 bits per heavy atom. The first kappa shape index (κ1) is 17.4. The van der Waals surface area contributed by atoms with Crippen LogP contribution >= 0.6 is 0 Å². The molecule has 2 fully saturated rings. The fourth-order valence-electron chi connectivity index (χ4n) is 4.34. The maximum absolute atomic E-state index is 12.1. The molecule has 3 heterocycles. The minimum Gasteiger partial charge on any atom is -0.395 e. The fraction of sp³-hybridized carbons (Fsp3) is 0.778. The Balaban J connectivity index is 1.67. The molecule has 0 saturated carbocycles. The molecule has 0 bridgehead atoms. The average molecular weight is 334 g/mol. The van der Waals surface area contributed by atoms with E-state index in [9.17, 15) is 9.90 Å².